The van der Waals surface area contributed by atoms with Crippen molar-refractivity contribution in [3.8, 4) is 0 Å². The number of aromatic amines is 1. The molecule has 1 N–H and O–H groups in total. The maximum Gasteiger partial charge on any atom is 0.254 e. The minimum Gasteiger partial charge on any atom is -0.309 e. The Morgan fingerprint density at radius 1 is 1.53 bits per heavy atom. The van der Waals surface area contributed by atoms with Crippen molar-refractivity contribution in [2.75, 3.05) is 0 Å². The van der Waals surface area contributed by atoms with E-state index in [1.165, 1.54) is 0 Å². The molecule has 0 unspecified atom stereocenters. The number of aromatic nitrogens is 4. The van der Waals surface area contributed by atoms with E-state index in [0.717, 1.165) is 0 Å². The average molecular weight is 269 g/mol. The zero-order valence-corrected chi connectivity index (χ0v) is 9.44. The van der Waals surface area contributed by atoms with E-state index in [0.29, 0.717) is 23.3 Å². The maximum atomic E-state index is 11.4. The van der Waals surface area contributed by atoms with Gasteiger partial charge in [0, 0.05) is 29.5 Å². The molecule has 6 heteroatoms. The molecule has 0 saturated carbocycles. The smallest absolute Gasteiger partial charge is 0.254 e. The highest BCUT2D eigenvalue weighted by Crippen LogP contribution is 1.97. The first-order valence-corrected chi connectivity index (χ1v) is 5.52. The second kappa shape index (κ2) is 4.39. The lowest BCUT2D eigenvalue weighted by atomic mass is 10.4. The fourth-order valence-corrected chi connectivity index (χ4v) is 1.58. The predicted octanol–water partition coefficient (Wildman–Crippen LogP) is 0.910. The molecule has 0 saturated heterocycles. The van der Waals surface area contributed by atoms with Gasteiger partial charge in [-0.2, -0.15) is 5.10 Å². The first-order chi connectivity index (χ1) is 7.29. The number of H-pyrrole nitrogens is 1. The number of rotatable bonds is 3. The lowest BCUT2D eigenvalue weighted by Gasteiger charge is -2.01. The highest BCUT2D eigenvalue weighted by Gasteiger charge is 2.01. The van der Waals surface area contributed by atoms with Crippen LogP contribution in [0.2, 0.25) is 0 Å². The van der Waals surface area contributed by atoms with E-state index in [-0.39, 0.29) is 5.56 Å². The second-order valence-electron chi connectivity index (χ2n) is 3.02. The third-order valence-electron chi connectivity index (χ3n) is 1.94. The van der Waals surface area contributed by atoms with Crippen LogP contribution >= 0.6 is 15.9 Å². The van der Waals surface area contributed by atoms with Crippen molar-refractivity contribution in [1.29, 1.82) is 0 Å². The monoisotopic (exact) mass is 268 g/mol. The summed E-state index contributed by atoms with van der Waals surface area (Å²) in [4.78, 5) is 18.3. The lowest BCUT2D eigenvalue weighted by Crippen LogP contribution is -2.17. The molecule has 0 amide bonds. The molecule has 0 spiro atoms. The Kier molecular flexibility index (Phi) is 2.96. The molecule has 0 radical (unpaired) electrons. The van der Waals surface area contributed by atoms with Crippen molar-refractivity contribution in [1.82, 2.24) is 19.7 Å². The third kappa shape index (κ3) is 2.33. The third-order valence-corrected chi connectivity index (χ3v) is 2.54. The van der Waals surface area contributed by atoms with Crippen LogP contribution in [0.1, 0.15) is 11.4 Å². The molecule has 2 aromatic rings. The molecular formula is C9H9BrN4O. The summed E-state index contributed by atoms with van der Waals surface area (Å²) >= 11 is 3.22. The van der Waals surface area contributed by atoms with Gasteiger partial charge in [0.2, 0.25) is 0 Å². The van der Waals surface area contributed by atoms with Crippen molar-refractivity contribution in [2.24, 2.45) is 0 Å². The first kappa shape index (κ1) is 10.1. The minimum absolute atomic E-state index is 0.107. The van der Waals surface area contributed by atoms with E-state index < -0.39 is 0 Å². The molecule has 0 atom stereocenters. The van der Waals surface area contributed by atoms with E-state index in [1.807, 2.05) is 12.3 Å². The van der Waals surface area contributed by atoms with Crippen LogP contribution in [0.25, 0.3) is 0 Å². The van der Waals surface area contributed by atoms with E-state index in [1.54, 1.807) is 17.1 Å². The number of nitrogens with one attached hydrogen (secondary N) is 1. The standard InChI is InChI=1S/C9H9BrN4O/c10-4-7-5-11-8(13-9(7)15)6-14-3-1-2-12-14/h1-3,5H,4,6H2,(H,11,13,15). The molecule has 2 aromatic heterocycles. The van der Waals surface area contributed by atoms with Crippen LogP contribution in [-0.2, 0) is 11.9 Å². The SMILES string of the molecule is O=c1[nH]c(Cn2cccn2)ncc1CBr. The van der Waals surface area contributed by atoms with Crippen LogP contribution in [0, 0.1) is 0 Å². The van der Waals surface area contributed by atoms with Crippen LogP contribution in [0.4, 0.5) is 0 Å². The zero-order chi connectivity index (χ0) is 10.7. The summed E-state index contributed by atoms with van der Waals surface area (Å²) < 4.78 is 1.70. The summed E-state index contributed by atoms with van der Waals surface area (Å²) in [5.41, 5.74) is 0.517. The fourth-order valence-electron chi connectivity index (χ4n) is 1.18. The molecule has 0 aliphatic carbocycles. The van der Waals surface area contributed by atoms with Gasteiger partial charge < -0.3 is 4.98 Å². The van der Waals surface area contributed by atoms with Crippen molar-refractivity contribution in [2.45, 2.75) is 11.9 Å². The molecule has 5 nitrogen and oxygen atoms in total. The second-order valence-corrected chi connectivity index (χ2v) is 3.58. The first-order valence-electron chi connectivity index (χ1n) is 4.40. The van der Waals surface area contributed by atoms with Crippen LogP contribution in [0.3, 0.4) is 0 Å². The fraction of sp³-hybridized carbons (Fsp3) is 0.222. The lowest BCUT2D eigenvalue weighted by molar-refractivity contribution is 0.651. The maximum absolute atomic E-state index is 11.4. The van der Waals surface area contributed by atoms with Gasteiger partial charge >= 0.3 is 0 Å². The summed E-state index contributed by atoms with van der Waals surface area (Å²) in [6, 6.07) is 1.82. The van der Waals surface area contributed by atoms with Gasteiger partial charge in [0.1, 0.15) is 5.82 Å². The van der Waals surface area contributed by atoms with Gasteiger partial charge in [0.25, 0.3) is 5.56 Å². The molecule has 0 aliphatic heterocycles. The number of alkyl halides is 1. The largest absolute Gasteiger partial charge is 0.309 e. The predicted molar refractivity (Wildman–Crippen MR) is 58.8 cm³/mol. The van der Waals surface area contributed by atoms with E-state index in [2.05, 4.69) is 31.0 Å². The van der Waals surface area contributed by atoms with E-state index in [4.69, 9.17) is 0 Å². The Bertz CT molecular complexity index is 491. The summed E-state index contributed by atoms with van der Waals surface area (Å²) in [5, 5.41) is 4.54. The summed E-state index contributed by atoms with van der Waals surface area (Å²) in [6.45, 7) is 0.477. The van der Waals surface area contributed by atoms with Crippen LogP contribution in [0.15, 0.2) is 29.5 Å². The van der Waals surface area contributed by atoms with Crippen LogP contribution in [0.5, 0.6) is 0 Å². The van der Waals surface area contributed by atoms with Gasteiger partial charge in [-0.1, -0.05) is 15.9 Å². The topological polar surface area (TPSA) is 63.6 Å². The summed E-state index contributed by atoms with van der Waals surface area (Å²) in [7, 11) is 0. The highest BCUT2D eigenvalue weighted by molar-refractivity contribution is 9.08. The zero-order valence-electron chi connectivity index (χ0n) is 7.85. The van der Waals surface area contributed by atoms with Crippen LogP contribution in [-0.4, -0.2) is 19.7 Å². The van der Waals surface area contributed by atoms with Gasteiger partial charge in [-0.25, -0.2) is 4.98 Å². The van der Waals surface area contributed by atoms with Gasteiger partial charge in [0.15, 0.2) is 0 Å². The average Bonchev–Trinajstić information content (AvgIpc) is 2.71. The minimum atomic E-state index is -0.107. The van der Waals surface area contributed by atoms with E-state index >= 15 is 0 Å². The number of hydrogen-bond donors (Lipinski definition) is 1. The quantitative estimate of drug-likeness (QED) is 0.842. The Morgan fingerprint density at radius 3 is 3.00 bits per heavy atom. The van der Waals surface area contributed by atoms with Crippen molar-refractivity contribution in [3.05, 3.63) is 46.4 Å². The Balaban J connectivity index is 2.24. The van der Waals surface area contributed by atoms with Crippen LogP contribution < -0.4 is 5.56 Å². The number of hydrogen-bond acceptors (Lipinski definition) is 3. The van der Waals surface area contributed by atoms with Crippen molar-refractivity contribution in [3.63, 3.8) is 0 Å². The molecule has 2 rings (SSSR count). The molecule has 0 fully saturated rings. The molecule has 2 heterocycles. The molecule has 15 heavy (non-hydrogen) atoms. The van der Waals surface area contributed by atoms with Crippen molar-refractivity contribution < 1.29 is 0 Å². The molecule has 0 aromatic carbocycles. The molecule has 78 valence electrons. The molecule has 0 bridgehead atoms. The summed E-state index contributed by atoms with van der Waals surface area (Å²) in [6.07, 6.45) is 5.08. The Morgan fingerprint density at radius 2 is 2.40 bits per heavy atom. The molecular weight excluding hydrogens is 260 g/mol. The highest BCUT2D eigenvalue weighted by atomic mass is 79.9. The van der Waals surface area contributed by atoms with Gasteiger partial charge in [-0.15, -0.1) is 0 Å². The normalized spacial score (nSPS) is 10.5. The van der Waals surface area contributed by atoms with Gasteiger partial charge in [-0.3, -0.25) is 9.48 Å². The summed E-state index contributed by atoms with van der Waals surface area (Å²) in [5.74, 6) is 0.605. The number of nitrogens with zero attached hydrogens (tertiary/aromatic N) is 3. The van der Waals surface area contributed by atoms with Crippen molar-refractivity contribution >= 4 is 15.9 Å². The Labute approximate surface area is 94.3 Å². The number of halogens is 1. The van der Waals surface area contributed by atoms with E-state index in [9.17, 15) is 4.79 Å². The van der Waals surface area contributed by atoms with Gasteiger partial charge in [-0.05, 0) is 6.07 Å². The molecule has 0 aliphatic rings. The van der Waals surface area contributed by atoms with Gasteiger partial charge in [0.05, 0.1) is 6.54 Å². The Hall–Kier alpha value is -1.43.